The maximum atomic E-state index is 12.6. The highest BCUT2D eigenvalue weighted by atomic mass is 16.4. The molecular formula is C22H31N3O2. The third kappa shape index (κ3) is 4.98. The Hall–Kier alpha value is -2.14. The van der Waals surface area contributed by atoms with Gasteiger partial charge in [-0.15, -0.1) is 0 Å². The van der Waals surface area contributed by atoms with Crippen LogP contribution in [0.15, 0.2) is 40.9 Å². The van der Waals surface area contributed by atoms with Gasteiger partial charge >= 0.3 is 0 Å². The molecule has 3 rings (SSSR count). The van der Waals surface area contributed by atoms with Crippen LogP contribution < -0.4 is 5.32 Å². The SMILES string of the molecule is CCCC(C)NC(=O)C1CCCN(C(C)c2ncc(-c3ccccc3)o2)C1. The van der Waals surface area contributed by atoms with E-state index in [2.05, 4.69) is 36.0 Å². The molecule has 0 aliphatic carbocycles. The summed E-state index contributed by atoms with van der Waals surface area (Å²) in [5.41, 5.74) is 1.03. The lowest BCUT2D eigenvalue weighted by atomic mass is 9.95. The minimum atomic E-state index is 0.0454. The van der Waals surface area contributed by atoms with Crippen molar-refractivity contribution in [3.05, 3.63) is 42.4 Å². The van der Waals surface area contributed by atoms with E-state index in [9.17, 15) is 4.79 Å². The number of nitrogens with zero attached hydrogens (tertiary/aromatic N) is 2. The molecule has 0 bridgehead atoms. The zero-order valence-corrected chi connectivity index (χ0v) is 16.6. The van der Waals surface area contributed by atoms with E-state index in [0.717, 1.165) is 50.1 Å². The van der Waals surface area contributed by atoms with Crippen molar-refractivity contribution in [3.8, 4) is 11.3 Å². The number of rotatable bonds is 7. The van der Waals surface area contributed by atoms with Gasteiger partial charge < -0.3 is 9.73 Å². The smallest absolute Gasteiger partial charge is 0.224 e. The first-order valence-corrected chi connectivity index (χ1v) is 10.1. The van der Waals surface area contributed by atoms with E-state index < -0.39 is 0 Å². The number of likely N-dealkylation sites (tertiary alicyclic amines) is 1. The van der Waals surface area contributed by atoms with Gasteiger partial charge in [0.05, 0.1) is 18.2 Å². The van der Waals surface area contributed by atoms with Crippen LogP contribution in [-0.4, -0.2) is 34.9 Å². The molecule has 3 atom stereocenters. The van der Waals surface area contributed by atoms with Crippen molar-refractivity contribution >= 4 is 5.91 Å². The summed E-state index contributed by atoms with van der Waals surface area (Å²) in [6.45, 7) is 8.07. The van der Waals surface area contributed by atoms with Crippen LogP contribution >= 0.6 is 0 Å². The minimum Gasteiger partial charge on any atom is -0.439 e. The van der Waals surface area contributed by atoms with Crippen molar-refractivity contribution in [1.29, 1.82) is 0 Å². The fraction of sp³-hybridized carbons (Fsp3) is 0.545. The van der Waals surface area contributed by atoms with E-state index >= 15 is 0 Å². The van der Waals surface area contributed by atoms with E-state index in [0.29, 0.717) is 5.89 Å². The highest BCUT2D eigenvalue weighted by molar-refractivity contribution is 5.79. The predicted octanol–water partition coefficient (Wildman–Crippen LogP) is 4.42. The molecule has 1 N–H and O–H groups in total. The van der Waals surface area contributed by atoms with Crippen LogP contribution in [0.3, 0.4) is 0 Å². The van der Waals surface area contributed by atoms with E-state index in [4.69, 9.17) is 4.42 Å². The zero-order valence-electron chi connectivity index (χ0n) is 16.6. The summed E-state index contributed by atoms with van der Waals surface area (Å²) < 4.78 is 6.02. The molecule has 1 aliphatic heterocycles. The van der Waals surface area contributed by atoms with Gasteiger partial charge in [0.25, 0.3) is 0 Å². The number of piperidine rings is 1. The van der Waals surface area contributed by atoms with Gasteiger partial charge in [-0.25, -0.2) is 4.98 Å². The van der Waals surface area contributed by atoms with Crippen LogP contribution in [0.2, 0.25) is 0 Å². The second-order valence-electron chi connectivity index (χ2n) is 7.64. The molecular weight excluding hydrogens is 338 g/mol. The number of carbonyl (C=O) groups is 1. The second-order valence-corrected chi connectivity index (χ2v) is 7.64. The predicted molar refractivity (Wildman–Crippen MR) is 107 cm³/mol. The number of hydrogen-bond donors (Lipinski definition) is 1. The summed E-state index contributed by atoms with van der Waals surface area (Å²) in [4.78, 5) is 19.4. The van der Waals surface area contributed by atoms with E-state index in [-0.39, 0.29) is 23.9 Å². The maximum Gasteiger partial charge on any atom is 0.224 e. The molecule has 27 heavy (non-hydrogen) atoms. The van der Waals surface area contributed by atoms with Crippen LogP contribution in [0.4, 0.5) is 0 Å². The Morgan fingerprint density at radius 3 is 2.85 bits per heavy atom. The first-order chi connectivity index (χ1) is 13.1. The molecule has 2 aromatic rings. The summed E-state index contributed by atoms with van der Waals surface area (Å²) in [5.74, 6) is 1.74. The normalized spacial score (nSPS) is 20.2. The molecule has 1 amide bonds. The van der Waals surface area contributed by atoms with Crippen LogP contribution in [0.1, 0.15) is 58.4 Å². The molecule has 1 aliphatic rings. The molecule has 146 valence electrons. The lowest BCUT2D eigenvalue weighted by Gasteiger charge is -2.35. The van der Waals surface area contributed by atoms with Gasteiger partial charge in [-0.1, -0.05) is 43.7 Å². The molecule has 3 unspecified atom stereocenters. The second kappa shape index (κ2) is 9.18. The molecule has 0 spiro atoms. The minimum absolute atomic E-state index is 0.0454. The van der Waals surface area contributed by atoms with E-state index in [1.54, 1.807) is 6.20 Å². The van der Waals surface area contributed by atoms with Gasteiger partial charge in [0, 0.05) is 18.2 Å². The highest BCUT2D eigenvalue weighted by Crippen LogP contribution is 2.29. The Balaban J connectivity index is 1.62. The number of oxazole rings is 1. The molecule has 0 saturated carbocycles. The fourth-order valence-electron chi connectivity index (χ4n) is 3.81. The zero-order chi connectivity index (χ0) is 19.2. The van der Waals surface area contributed by atoms with Crippen LogP contribution in [0.5, 0.6) is 0 Å². The van der Waals surface area contributed by atoms with Gasteiger partial charge in [-0.2, -0.15) is 0 Å². The van der Waals surface area contributed by atoms with Crippen molar-refractivity contribution in [1.82, 2.24) is 15.2 Å². The third-order valence-electron chi connectivity index (χ3n) is 5.42. The monoisotopic (exact) mass is 369 g/mol. The van der Waals surface area contributed by atoms with Crippen molar-refractivity contribution in [2.45, 2.75) is 58.5 Å². The van der Waals surface area contributed by atoms with Gasteiger partial charge in [0.1, 0.15) is 0 Å². The summed E-state index contributed by atoms with van der Waals surface area (Å²) in [5, 5.41) is 3.17. The standard InChI is InChI=1S/C22H31N3O2/c1-4-9-16(2)24-21(26)19-12-8-13-25(15-19)17(3)22-23-14-20(27-22)18-10-6-5-7-11-18/h5-7,10-11,14,16-17,19H,4,8-9,12-13,15H2,1-3H3,(H,24,26). The molecule has 5 nitrogen and oxygen atoms in total. The lowest BCUT2D eigenvalue weighted by Crippen LogP contribution is -2.45. The quantitative estimate of drug-likeness (QED) is 0.785. The first kappa shape index (κ1) is 19.6. The van der Waals surface area contributed by atoms with E-state index in [1.807, 2.05) is 30.3 Å². The molecule has 5 heteroatoms. The molecule has 2 heterocycles. The molecule has 0 radical (unpaired) electrons. The number of hydrogen-bond acceptors (Lipinski definition) is 4. The Bertz CT molecular complexity index is 728. The number of aromatic nitrogens is 1. The van der Waals surface area contributed by atoms with Crippen LogP contribution in [0, 0.1) is 5.92 Å². The average molecular weight is 370 g/mol. The largest absolute Gasteiger partial charge is 0.439 e. The first-order valence-electron chi connectivity index (χ1n) is 10.1. The summed E-state index contributed by atoms with van der Waals surface area (Å²) >= 11 is 0. The molecule has 1 fully saturated rings. The van der Waals surface area contributed by atoms with Crippen molar-refractivity contribution < 1.29 is 9.21 Å². The van der Waals surface area contributed by atoms with Crippen molar-refractivity contribution in [2.24, 2.45) is 5.92 Å². The highest BCUT2D eigenvalue weighted by Gasteiger charge is 2.30. The summed E-state index contributed by atoms with van der Waals surface area (Å²) in [6, 6.07) is 10.3. The summed E-state index contributed by atoms with van der Waals surface area (Å²) in [6.07, 6.45) is 5.88. The third-order valence-corrected chi connectivity index (χ3v) is 5.42. The number of benzene rings is 1. The Labute approximate surface area is 162 Å². The van der Waals surface area contributed by atoms with Gasteiger partial charge in [0.15, 0.2) is 5.76 Å². The Morgan fingerprint density at radius 2 is 2.11 bits per heavy atom. The molecule has 1 saturated heterocycles. The average Bonchev–Trinajstić information content (AvgIpc) is 3.18. The number of nitrogens with one attached hydrogen (secondary N) is 1. The van der Waals surface area contributed by atoms with E-state index in [1.165, 1.54) is 0 Å². The van der Waals surface area contributed by atoms with Crippen molar-refractivity contribution in [3.63, 3.8) is 0 Å². The Morgan fingerprint density at radius 1 is 1.33 bits per heavy atom. The van der Waals surface area contributed by atoms with Gasteiger partial charge in [-0.3, -0.25) is 9.69 Å². The van der Waals surface area contributed by atoms with Crippen molar-refractivity contribution in [2.75, 3.05) is 13.1 Å². The van der Waals surface area contributed by atoms with Gasteiger partial charge in [0.2, 0.25) is 11.8 Å². The topological polar surface area (TPSA) is 58.4 Å². The summed E-state index contributed by atoms with van der Waals surface area (Å²) in [7, 11) is 0. The number of carbonyl (C=O) groups excluding carboxylic acids is 1. The van der Waals surface area contributed by atoms with Gasteiger partial charge in [-0.05, 0) is 39.7 Å². The number of amides is 1. The molecule has 1 aromatic carbocycles. The van der Waals surface area contributed by atoms with Crippen LogP contribution in [-0.2, 0) is 4.79 Å². The fourth-order valence-corrected chi connectivity index (χ4v) is 3.81. The molecule has 1 aromatic heterocycles. The Kier molecular flexibility index (Phi) is 6.67. The lowest BCUT2D eigenvalue weighted by molar-refractivity contribution is -0.127. The maximum absolute atomic E-state index is 12.6. The van der Waals surface area contributed by atoms with Crippen LogP contribution in [0.25, 0.3) is 11.3 Å².